The fraction of sp³-hybridized carbons (Fsp3) is 0. The van der Waals surface area contributed by atoms with E-state index in [4.69, 9.17) is 20.4 Å². The number of halogens is 2. The SMILES string of the molecule is O=C(O)c1ccc(C(=O)O)c(O)c1O.[Cl-].[Cl-].[Mn+2]. The predicted molar refractivity (Wildman–Crippen MR) is 43.7 cm³/mol. The maximum atomic E-state index is 10.4. The number of aromatic carboxylic acids is 2. The summed E-state index contributed by atoms with van der Waals surface area (Å²) in [6, 6.07) is 1.81. The fourth-order valence-electron chi connectivity index (χ4n) is 0.925. The molecular formula is C8H6Cl2MnO6. The molecule has 4 N–H and O–H groups in total. The summed E-state index contributed by atoms with van der Waals surface area (Å²) in [5, 5.41) is 35.2. The van der Waals surface area contributed by atoms with Crippen LogP contribution < -0.4 is 24.8 Å². The van der Waals surface area contributed by atoms with Crippen LogP contribution in [-0.2, 0) is 17.1 Å². The second-order valence-corrected chi connectivity index (χ2v) is 2.47. The first kappa shape index (κ1) is 21.2. The van der Waals surface area contributed by atoms with Gasteiger partial charge in [-0.25, -0.2) is 9.59 Å². The summed E-state index contributed by atoms with van der Waals surface area (Å²) in [7, 11) is 0. The van der Waals surface area contributed by atoms with Crippen LogP contribution in [-0.4, -0.2) is 32.4 Å². The van der Waals surface area contributed by atoms with Crippen LogP contribution in [0.25, 0.3) is 0 Å². The van der Waals surface area contributed by atoms with Crippen molar-refractivity contribution in [3.63, 3.8) is 0 Å². The fourth-order valence-corrected chi connectivity index (χ4v) is 0.925. The molecule has 0 aliphatic rings. The molecule has 1 aromatic rings. The van der Waals surface area contributed by atoms with E-state index in [-0.39, 0.29) is 41.9 Å². The van der Waals surface area contributed by atoms with E-state index in [9.17, 15) is 9.59 Å². The minimum Gasteiger partial charge on any atom is -1.00 e. The number of carboxylic acid groups (broad SMARTS) is 2. The average molecular weight is 324 g/mol. The summed E-state index contributed by atoms with van der Waals surface area (Å²) in [6.07, 6.45) is 0. The molecular weight excluding hydrogens is 318 g/mol. The number of phenols is 2. The van der Waals surface area contributed by atoms with Crippen molar-refractivity contribution >= 4 is 11.9 Å². The molecule has 0 unspecified atom stereocenters. The van der Waals surface area contributed by atoms with Crippen LogP contribution in [0.2, 0.25) is 0 Å². The van der Waals surface area contributed by atoms with Crippen LogP contribution in [0.1, 0.15) is 20.7 Å². The third-order valence-electron chi connectivity index (χ3n) is 1.61. The Morgan fingerprint density at radius 1 is 0.824 bits per heavy atom. The Kier molecular flexibility index (Phi) is 10.00. The van der Waals surface area contributed by atoms with Crippen LogP contribution in [0.15, 0.2) is 12.1 Å². The van der Waals surface area contributed by atoms with Crippen LogP contribution in [0.3, 0.4) is 0 Å². The first-order valence-corrected chi connectivity index (χ1v) is 3.46. The third kappa shape index (κ3) is 4.32. The van der Waals surface area contributed by atoms with E-state index in [0.717, 1.165) is 12.1 Å². The van der Waals surface area contributed by atoms with Gasteiger partial charge in [-0.3, -0.25) is 0 Å². The summed E-state index contributed by atoms with van der Waals surface area (Å²) in [5.41, 5.74) is -1.10. The molecule has 9 heteroatoms. The molecule has 17 heavy (non-hydrogen) atoms. The number of hydrogen-bond donors (Lipinski definition) is 4. The Bertz CT molecular complexity index is 384. The van der Waals surface area contributed by atoms with Crippen molar-refractivity contribution < 1.29 is 71.9 Å². The molecule has 1 aromatic carbocycles. The molecule has 0 saturated carbocycles. The van der Waals surface area contributed by atoms with Crippen molar-refractivity contribution in [3.05, 3.63) is 23.3 Å². The smallest absolute Gasteiger partial charge is 1.00 e. The number of aromatic hydroxyl groups is 2. The average Bonchev–Trinajstić information content (AvgIpc) is 2.08. The molecule has 1 radical (unpaired) electrons. The van der Waals surface area contributed by atoms with E-state index in [1.807, 2.05) is 0 Å². The van der Waals surface area contributed by atoms with E-state index in [1.165, 1.54) is 0 Å². The summed E-state index contributed by atoms with van der Waals surface area (Å²) < 4.78 is 0. The zero-order valence-electron chi connectivity index (χ0n) is 7.89. The molecule has 0 saturated heterocycles. The topological polar surface area (TPSA) is 115 Å². The van der Waals surface area contributed by atoms with E-state index >= 15 is 0 Å². The van der Waals surface area contributed by atoms with Crippen molar-refractivity contribution in [1.29, 1.82) is 0 Å². The molecule has 0 aliphatic heterocycles. The van der Waals surface area contributed by atoms with E-state index in [1.54, 1.807) is 0 Å². The molecule has 6 nitrogen and oxygen atoms in total. The summed E-state index contributed by atoms with van der Waals surface area (Å²) in [5.74, 6) is -4.79. The molecule has 0 aromatic heterocycles. The van der Waals surface area contributed by atoms with Crippen LogP contribution in [0.5, 0.6) is 11.5 Å². The number of hydrogen-bond acceptors (Lipinski definition) is 4. The molecule has 1 rings (SSSR count). The minimum atomic E-state index is -1.45. The van der Waals surface area contributed by atoms with Gasteiger partial charge in [-0.05, 0) is 12.1 Å². The molecule has 0 aliphatic carbocycles. The number of carboxylic acids is 2. The zero-order valence-corrected chi connectivity index (χ0v) is 10.6. The zero-order chi connectivity index (χ0) is 10.9. The number of benzene rings is 1. The van der Waals surface area contributed by atoms with Crippen molar-refractivity contribution in [1.82, 2.24) is 0 Å². The Hall–Kier alpha value is -1.14. The van der Waals surface area contributed by atoms with Crippen LogP contribution >= 0.6 is 0 Å². The van der Waals surface area contributed by atoms with Gasteiger partial charge in [0.1, 0.15) is 11.1 Å². The number of rotatable bonds is 2. The summed E-state index contributed by atoms with van der Waals surface area (Å²) in [4.78, 5) is 20.9. The number of carbonyl (C=O) groups is 2. The second kappa shape index (κ2) is 8.02. The van der Waals surface area contributed by atoms with Gasteiger partial charge in [0.15, 0.2) is 11.5 Å². The molecule has 0 spiro atoms. The maximum Gasteiger partial charge on any atom is 2.00 e. The molecule has 0 heterocycles. The van der Waals surface area contributed by atoms with Crippen LogP contribution in [0.4, 0.5) is 0 Å². The largest absolute Gasteiger partial charge is 2.00 e. The van der Waals surface area contributed by atoms with Gasteiger partial charge in [0.05, 0.1) is 0 Å². The molecule has 95 valence electrons. The van der Waals surface area contributed by atoms with Gasteiger partial charge in [-0.15, -0.1) is 0 Å². The van der Waals surface area contributed by atoms with Gasteiger partial charge in [-0.2, -0.15) is 0 Å². The Balaban J connectivity index is -0.000000653. The first-order valence-electron chi connectivity index (χ1n) is 3.46. The van der Waals surface area contributed by atoms with Gasteiger partial charge in [0, 0.05) is 0 Å². The maximum absolute atomic E-state index is 10.4. The van der Waals surface area contributed by atoms with E-state index < -0.39 is 34.6 Å². The van der Waals surface area contributed by atoms with Gasteiger partial charge < -0.3 is 45.2 Å². The van der Waals surface area contributed by atoms with Gasteiger partial charge >= 0.3 is 29.0 Å². The monoisotopic (exact) mass is 323 g/mol. The first-order chi connectivity index (χ1) is 6.45. The normalized spacial score (nSPS) is 8.00. The summed E-state index contributed by atoms with van der Waals surface area (Å²) in [6.45, 7) is 0. The Labute approximate surface area is 119 Å². The molecule has 0 bridgehead atoms. The minimum absolute atomic E-state index is 0. The Morgan fingerprint density at radius 3 is 1.24 bits per heavy atom. The van der Waals surface area contributed by atoms with Crippen molar-refractivity contribution in [2.24, 2.45) is 0 Å². The van der Waals surface area contributed by atoms with Crippen molar-refractivity contribution in [3.8, 4) is 11.5 Å². The van der Waals surface area contributed by atoms with Gasteiger partial charge in [-0.1, -0.05) is 0 Å². The molecule has 0 atom stereocenters. The van der Waals surface area contributed by atoms with Crippen LogP contribution in [0, 0.1) is 0 Å². The van der Waals surface area contributed by atoms with Gasteiger partial charge in [0.25, 0.3) is 0 Å². The summed E-state index contributed by atoms with van der Waals surface area (Å²) >= 11 is 0. The predicted octanol–water partition coefficient (Wildman–Crippen LogP) is -5.50. The van der Waals surface area contributed by atoms with Gasteiger partial charge in [0.2, 0.25) is 0 Å². The van der Waals surface area contributed by atoms with E-state index in [2.05, 4.69) is 0 Å². The third-order valence-corrected chi connectivity index (χ3v) is 1.61. The van der Waals surface area contributed by atoms with E-state index in [0.29, 0.717) is 0 Å². The second-order valence-electron chi connectivity index (χ2n) is 2.47. The van der Waals surface area contributed by atoms with Crippen molar-refractivity contribution in [2.45, 2.75) is 0 Å². The standard InChI is InChI=1S/C8H6O6.2ClH.Mn/c9-5-3(7(11)12)1-2-4(6(5)10)8(13)14;;;/h1-2,9-10H,(H,11,12)(H,13,14);2*1H;/q;;;+2/p-2. The van der Waals surface area contributed by atoms with Crippen molar-refractivity contribution in [2.75, 3.05) is 0 Å². The quantitative estimate of drug-likeness (QED) is 0.319. The molecule has 0 fully saturated rings. The Morgan fingerprint density at radius 2 is 1.06 bits per heavy atom. The molecule has 0 amide bonds.